The van der Waals surface area contributed by atoms with Crippen LogP contribution in [-0.2, 0) is 6.42 Å². The molecule has 0 saturated heterocycles. The van der Waals surface area contributed by atoms with Crippen LogP contribution in [0.15, 0.2) is 41.5 Å². The Balaban J connectivity index is 1.87. The van der Waals surface area contributed by atoms with Crippen molar-refractivity contribution >= 4 is 39.4 Å². The lowest BCUT2D eigenvalue weighted by molar-refractivity contribution is 0.0958. The van der Waals surface area contributed by atoms with Gasteiger partial charge in [-0.25, -0.2) is 10.4 Å². The van der Waals surface area contributed by atoms with Crippen molar-refractivity contribution in [2.24, 2.45) is 5.10 Å². The third-order valence-corrected chi connectivity index (χ3v) is 4.69. The first-order chi connectivity index (χ1) is 12.1. The van der Waals surface area contributed by atoms with Crippen molar-refractivity contribution in [1.29, 1.82) is 0 Å². The minimum Gasteiger partial charge on any atom is -0.496 e. The highest BCUT2D eigenvalue weighted by atomic mass is 32.1. The van der Waals surface area contributed by atoms with Gasteiger partial charge in [0, 0.05) is 5.56 Å². The summed E-state index contributed by atoms with van der Waals surface area (Å²) in [5.41, 5.74) is 9.71. The number of thiazole rings is 1. The summed E-state index contributed by atoms with van der Waals surface area (Å²) in [6, 6.07) is 11.8. The van der Waals surface area contributed by atoms with Gasteiger partial charge < -0.3 is 10.5 Å². The summed E-state index contributed by atoms with van der Waals surface area (Å²) in [6.45, 7) is 1.93. The van der Waals surface area contributed by atoms with E-state index in [9.17, 15) is 4.79 Å². The van der Waals surface area contributed by atoms with Crippen LogP contribution in [0.5, 0.6) is 5.75 Å². The number of rotatable bonds is 5. The summed E-state index contributed by atoms with van der Waals surface area (Å²) in [7, 11) is 1.60. The number of anilines is 1. The predicted octanol–water partition coefficient (Wildman–Crippen LogP) is 3.21. The van der Waals surface area contributed by atoms with E-state index < -0.39 is 0 Å². The molecule has 2 aromatic carbocycles. The maximum atomic E-state index is 12.3. The van der Waals surface area contributed by atoms with Crippen LogP contribution >= 0.6 is 11.3 Å². The molecule has 0 aliphatic carbocycles. The summed E-state index contributed by atoms with van der Waals surface area (Å²) in [5.74, 6) is 0.370. The van der Waals surface area contributed by atoms with E-state index in [1.165, 1.54) is 0 Å². The number of hydrazone groups is 1. The van der Waals surface area contributed by atoms with Crippen molar-refractivity contribution in [3.05, 3.63) is 52.5 Å². The van der Waals surface area contributed by atoms with E-state index in [-0.39, 0.29) is 5.91 Å². The fourth-order valence-corrected chi connectivity index (χ4v) is 3.39. The third-order valence-electron chi connectivity index (χ3n) is 3.77. The zero-order valence-corrected chi connectivity index (χ0v) is 14.8. The second-order valence-electron chi connectivity index (χ2n) is 5.28. The molecule has 128 valence electrons. The Kier molecular flexibility index (Phi) is 4.95. The van der Waals surface area contributed by atoms with E-state index in [2.05, 4.69) is 15.5 Å². The number of aryl methyl sites for hydroxylation is 1. The summed E-state index contributed by atoms with van der Waals surface area (Å²) in [4.78, 5) is 16.9. The number of benzene rings is 2. The SMILES string of the molecule is CCc1nc(N)sc1C(=O)N/N=C\c1c(OC)ccc2ccccc12. The molecular formula is C18H18N4O2S. The van der Waals surface area contributed by atoms with Crippen LogP contribution in [0.1, 0.15) is 27.9 Å². The normalized spacial score (nSPS) is 11.1. The highest BCUT2D eigenvalue weighted by Crippen LogP contribution is 2.26. The van der Waals surface area contributed by atoms with Crippen LogP contribution in [0.25, 0.3) is 10.8 Å². The lowest BCUT2D eigenvalue weighted by Crippen LogP contribution is -2.18. The first kappa shape index (κ1) is 16.9. The van der Waals surface area contributed by atoms with Crippen molar-refractivity contribution in [2.45, 2.75) is 13.3 Å². The van der Waals surface area contributed by atoms with E-state index in [1.807, 2.05) is 43.3 Å². The molecule has 3 N–H and O–H groups in total. The van der Waals surface area contributed by atoms with Gasteiger partial charge in [0.15, 0.2) is 5.13 Å². The van der Waals surface area contributed by atoms with E-state index in [0.29, 0.717) is 27.9 Å². The monoisotopic (exact) mass is 354 g/mol. The van der Waals surface area contributed by atoms with Crippen LogP contribution < -0.4 is 15.9 Å². The number of nitrogen functional groups attached to an aromatic ring is 1. The molecule has 0 atom stereocenters. The maximum Gasteiger partial charge on any atom is 0.283 e. The standard InChI is InChI=1S/C18H18N4O2S/c1-3-14-16(25-18(19)21-14)17(23)22-20-10-13-12-7-5-4-6-11(12)8-9-15(13)24-2/h4-10H,3H2,1-2H3,(H2,19,21)(H,22,23)/b20-10-. The van der Waals surface area contributed by atoms with Crippen molar-refractivity contribution in [2.75, 3.05) is 12.8 Å². The number of methoxy groups -OCH3 is 1. The van der Waals surface area contributed by atoms with Crippen LogP contribution in [0.2, 0.25) is 0 Å². The Morgan fingerprint density at radius 3 is 2.92 bits per heavy atom. The fourth-order valence-electron chi connectivity index (χ4n) is 2.58. The smallest absolute Gasteiger partial charge is 0.283 e. The molecule has 1 heterocycles. The van der Waals surface area contributed by atoms with E-state index in [4.69, 9.17) is 10.5 Å². The number of carbonyl (C=O) groups excluding carboxylic acids is 1. The first-order valence-corrected chi connectivity index (χ1v) is 8.60. The van der Waals surface area contributed by atoms with Gasteiger partial charge in [-0.2, -0.15) is 5.10 Å². The number of carbonyl (C=O) groups is 1. The van der Waals surface area contributed by atoms with Crippen LogP contribution in [0, 0.1) is 0 Å². The van der Waals surface area contributed by atoms with Gasteiger partial charge in [-0.15, -0.1) is 0 Å². The number of amides is 1. The highest BCUT2D eigenvalue weighted by molar-refractivity contribution is 7.17. The number of nitrogens with zero attached hydrogens (tertiary/aromatic N) is 2. The van der Waals surface area contributed by atoms with Gasteiger partial charge in [-0.1, -0.05) is 48.6 Å². The third kappa shape index (κ3) is 3.46. The number of ether oxygens (including phenoxy) is 1. The van der Waals surface area contributed by atoms with Crippen LogP contribution in [0.4, 0.5) is 5.13 Å². The molecule has 0 spiro atoms. The molecule has 0 bridgehead atoms. The summed E-state index contributed by atoms with van der Waals surface area (Å²) >= 11 is 1.16. The van der Waals surface area contributed by atoms with Crippen LogP contribution in [-0.4, -0.2) is 24.2 Å². The number of hydrogen-bond acceptors (Lipinski definition) is 6. The first-order valence-electron chi connectivity index (χ1n) is 7.78. The Bertz CT molecular complexity index is 949. The zero-order chi connectivity index (χ0) is 17.8. The second kappa shape index (κ2) is 7.31. The van der Waals surface area contributed by atoms with Crippen LogP contribution in [0.3, 0.4) is 0 Å². The molecule has 6 nitrogen and oxygen atoms in total. The largest absolute Gasteiger partial charge is 0.496 e. The molecule has 0 aliphatic heterocycles. The van der Waals surface area contributed by atoms with Gasteiger partial charge in [-0.05, 0) is 23.3 Å². The average molecular weight is 354 g/mol. The summed E-state index contributed by atoms with van der Waals surface area (Å²) in [5, 5.41) is 6.54. The Morgan fingerprint density at radius 1 is 1.36 bits per heavy atom. The van der Waals surface area contributed by atoms with Crippen molar-refractivity contribution < 1.29 is 9.53 Å². The van der Waals surface area contributed by atoms with E-state index in [1.54, 1.807) is 13.3 Å². The molecule has 7 heteroatoms. The van der Waals surface area contributed by atoms with Gasteiger partial charge in [0.2, 0.25) is 0 Å². The van der Waals surface area contributed by atoms with E-state index in [0.717, 1.165) is 27.7 Å². The molecule has 3 aromatic rings. The number of fused-ring (bicyclic) bond motifs is 1. The topological polar surface area (TPSA) is 89.6 Å². The molecule has 1 aromatic heterocycles. The zero-order valence-electron chi connectivity index (χ0n) is 13.9. The predicted molar refractivity (Wildman–Crippen MR) is 101 cm³/mol. The minimum atomic E-state index is -0.318. The number of nitrogens with one attached hydrogen (secondary N) is 1. The molecule has 25 heavy (non-hydrogen) atoms. The fraction of sp³-hybridized carbons (Fsp3) is 0.167. The Labute approximate surface area is 149 Å². The van der Waals surface area contributed by atoms with Crippen molar-refractivity contribution in [3.8, 4) is 5.75 Å². The molecule has 0 aliphatic rings. The maximum absolute atomic E-state index is 12.3. The van der Waals surface area contributed by atoms with Gasteiger partial charge in [0.05, 0.1) is 19.0 Å². The van der Waals surface area contributed by atoms with Gasteiger partial charge >= 0.3 is 0 Å². The van der Waals surface area contributed by atoms with Crippen molar-refractivity contribution in [1.82, 2.24) is 10.4 Å². The lowest BCUT2D eigenvalue weighted by Gasteiger charge is -2.08. The number of hydrogen-bond donors (Lipinski definition) is 2. The Morgan fingerprint density at radius 2 is 2.16 bits per heavy atom. The summed E-state index contributed by atoms with van der Waals surface area (Å²) in [6.07, 6.45) is 2.23. The van der Waals surface area contributed by atoms with Gasteiger partial charge in [0.1, 0.15) is 10.6 Å². The number of nitrogens with two attached hydrogens (primary N) is 1. The molecule has 3 rings (SSSR count). The van der Waals surface area contributed by atoms with E-state index >= 15 is 0 Å². The Hall–Kier alpha value is -2.93. The molecule has 0 radical (unpaired) electrons. The molecule has 0 unspecified atom stereocenters. The van der Waals surface area contributed by atoms with Gasteiger partial charge in [0.25, 0.3) is 5.91 Å². The molecule has 0 fully saturated rings. The van der Waals surface area contributed by atoms with Gasteiger partial charge in [-0.3, -0.25) is 4.79 Å². The molecule has 0 saturated carbocycles. The quantitative estimate of drug-likeness (QED) is 0.544. The second-order valence-corrected chi connectivity index (χ2v) is 6.31. The van der Waals surface area contributed by atoms with Crippen molar-refractivity contribution in [3.63, 3.8) is 0 Å². The minimum absolute atomic E-state index is 0.318. The summed E-state index contributed by atoms with van der Waals surface area (Å²) < 4.78 is 5.41. The lowest BCUT2D eigenvalue weighted by atomic mass is 10.0. The number of aromatic nitrogens is 1. The average Bonchev–Trinajstić information content (AvgIpc) is 3.02. The highest BCUT2D eigenvalue weighted by Gasteiger charge is 2.15. The molecular weight excluding hydrogens is 336 g/mol. The molecule has 1 amide bonds.